The van der Waals surface area contributed by atoms with E-state index in [-0.39, 0.29) is 29.7 Å². The number of non-ortho nitro benzene ring substituents is 1. The fourth-order valence-electron chi connectivity index (χ4n) is 7.70. The highest BCUT2D eigenvalue weighted by Gasteiger charge is 2.40. The third-order valence-corrected chi connectivity index (χ3v) is 10.6. The number of halogens is 1. The molecular formula is C42H33BrN4O6. The second kappa shape index (κ2) is 14.2. The molecule has 3 aliphatic rings. The molecule has 3 heterocycles. The van der Waals surface area contributed by atoms with Crippen LogP contribution >= 0.6 is 15.9 Å². The third kappa shape index (κ3) is 6.60. The van der Waals surface area contributed by atoms with Gasteiger partial charge in [-0.3, -0.25) is 25.0 Å². The number of benzene rings is 5. The van der Waals surface area contributed by atoms with Crippen LogP contribution in [0, 0.1) is 10.1 Å². The zero-order valence-electron chi connectivity index (χ0n) is 28.4. The Morgan fingerprint density at radius 1 is 0.811 bits per heavy atom. The van der Waals surface area contributed by atoms with Gasteiger partial charge < -0.3 is 9.64 Å². The summed E-state index contributed by atoms with van der Waals surface area (Å²) in [7, 11) is 0. The van der Waals surface area contributed by atoms with Crippen LogP contribution in [0.5, 0.6) is 5.75 Å². The summed E-state index contributed by atoms with van der Waals surface area (Å²) in [5.41, 5.74) is 6.61. The summed E-state index contributed by atoms with van der Waals surface area (Å²) in [6, 6.07) is 34.8. The largest absolute Gasteiger partial charge is 0.488 e. The second-order valence-corrected chi connectivity index (χ2v) is 14.2. The minimum absolute atomic E-state index is 0.00429. The molecule has 5 aromatic rings. The number of nitrogens with zero attached hydrogens (tertiary/aromatic N) is 3. The number of urea groups is 1. The van der Waals surface area contributed by atoms with Gasteiger partial charge in [0.05, 0.1) is 10.6 Å². The first-order valence-corrected chi connectivity index (χ1v) is 18.1. The smallest absolute Gasteiger partial charge is 0.335 e. The molecule has 264 valence electrons. The van der Waals surface area contributed by atoms with Gasteiger partial charge in [-0.2, -0.15) is 0 Å². The molecule has 0 spiro atoms. The lowest BCUT2D eigenvalue weighted by Crippen LogP contribution is -2.54. The van der Waals surface area contributed by atoms with Crippen molar-refractivity contribution < 1.29 is 24.0 Å². The molecule has 3 aliphatic heterocycles. The summed E-state index contributed by atoms with van der Waals surface area (Å²) in [4.78, 5) is 55.8. The molecule has 0 aliphatic carbocycles. The van der Waals surface area contributed by atoms with Crippen LogP contribution in [0.3, 0.4) is 0 Å². The highest BCUT2D eigenvalue weighted by atomic mass is 79.9. The number of nitro benzene ring substituents is 1. The van der Waals surface area contributed by atoms with E-state index in [1.54, 1.807) is 30.3 Å². The summed E-state index contributed by atoms with van der Waals surface area (Å²) in [6.07, 6.45) is 3.16. The number of barbiturate groups is 1. The van der Waals surface area contributed by atoms with Gasteiger partial charge in [0.25, 0.3) is 17.5 Å². The number of anilines is 2. The Morgan fingerprint density at radius 2 is 1.45 bits per heavy atom. The predicted octanol–water partition coefficient (Wildman–Crippen LogP) is 8.48. The lowest BCUT2D eigenvalue weighted by atomic mass is 9.76. The van der Waals surface area contributed by atoms with Crippen LogP contribution < -0.4 is 19.9 Å². The highest BCUT2D eigenvalue weighted by Crippen LogP contribution is 2.50. The first-order chi connectivity index (χ1) is 25.7. The van der Waals surface area contributed by atoms with Crippen LogP contribution in [0.25, 0.3) is 6.08 Å². The number of hydrogen-bond acceptors (Lipinski definition) is 7. The summed E-state index contributed by atoms with van der Waals surface area (Å²) >= 11 is 3.47. The molecule has 0 unspecified atom stereocenters. The van der Waals surface area contributed by atoms with E-state index in [1.165, 1.54) is 18.2 Å². The number of hydrogen-bond donors (Lipinski definition) is 1. The Kier molecular flexibility index (Phi) is 9.09. The topological polar surface area (TPSA) is 122 Å². The van der Waals surface area contributed by atoms with E-state index in [4.69, 9.17) is 4.74 Å². The molecule has 0 bridgehead atoms. The number of carbonyl (C=O) groups excluding carboxylic acids is 3. The molecule has 0 aromatic heterocycles. The van der Waals surface area contributed by atoms with E-state index in [1.807, 2.05) is 48.5 Å². The fourth-order valence-corrected chi connectivity index (χ4v) is 8.08. The first-order valence-electron chi connectivity index (χ1n) is 17.3. The lowest BCUT2D eigenvalue weighted by molar-refractivity contribution is -0.384. The Bertz CT molecular complexity index is 2240. The average Bonchev–Trinajstić information content (AvgIpc) is 3.17. The maximum atomic E-state index is 14.4. The van der Waals surface area contributed by atoms with E-state index in [0.29, 0.717) is 27.0 Å². The second-order valence-electron chi connectivity index (χ2n) is 13.3. The minimum Gasteiger partial charge on any atom is -0.488 e. The van der Waals surface area contributed by atoms with Crippen molar-refractivity contribution in [3.8, 4) is 5.75 Å². The maximum absolute atomic E-state index is 14.4. The number of nitro groups is 1. The number of imide groups is 2. The SMILES string of the molecule is O=C1NC(=O)N(c2cc3c4c(c2)[C@H](c2ccccc2)CCN4CC[C@@H]3c2ccccc2)C(=O)/C1=C/c1cc(Br)ccc1OCc1cccc([N+](=O)[O-])c1. The molecule has 53 heavy (non-hydrogen) atoms. The Morgan fingerprint density at radius 3 is 2.08 bits per heavy atom. The van der Waals surface area contributed by atoms with Gasteiger partial charge in [-0.15, -0.1) is 0 Å². The standard InChI is InChI=1S/C42H33BrN4O6/c43-30-14-15-38(53-25-26-8-7-13-31(20-26)47(51)52)29(21-30)22-37-40(48)44-42(50)46(41(37)49)32-23-35-33(27-9-3-1-4-10-27)16-18-45-19-17-34(36(24-32)39(35)45)28-11-5-2-6-12-28/h1-15,20-24,33-34H,16-19,25H2,(H,44,48,50)/b37-22+/t33-,34+. The monoisotopic (exact) mass is 768 g/mol. The van der Waals surface area contributed by atoms with Crippen molar-refractivity contribution in [1.29, 1.82) is 0 Å². The normalized spacial score (nSPS) is 18.8. The molecular weight excluding hydrogens is 736 g/mol. The number of amides is 4. The van der Waals surface area contributed by atoms with E-state index >= 15 is 0 Å². The summed E-state index contributed by atoms with van der Waals surface area (Å²) in [5, 5.41) is 13.7. The zero-order chi connectivity index (χ0) is 36.6. The van der Waals surface area contributed by atoms with Crippen molar-refractivity contribution in [2.75, 3.05) is 22.9 Å². The van der Waals surface area contributed by atoms with Gasteiger partial charge in [0.2, 0.25) is 0 Å². The van der Waals surface area contributed by atoms with Crippen molar-refractivity contribution in [1.82, 2.24) is 5.32 Å². The third-order valence-electron chi connectivity index (χ3n) is 10.1. The Hall–Kier alpha value is -6.07. The molecule has 8 rings (SSSR count). The molecule has 0 saturated carbocycles. The van der Waals surface area contributed by atoms with E-state index in [0.717, 1.165) is 58.8 Å². The van der Waals surface area contributed by atoms with Crippen molar-refractivity contribution in [3.63, 3.8) is 0 Å². The fraction of sp³-hybridized carbons (Fsp3) is 0.167. The average molecular weight is 770 g/mol. The summed E-state index contributed by atoms with van der Waals surface area (Å²) in [6.45, 7) is 1.79. The number of rotatable bonds is 8. The van der Waals surface area contributed by atoms with Gasteiger partial charge in [-0.1, -0.05) is 88.7 Å². The van der Waals surface area contributed by atoms with Gasteiger partial charge in [0.15, 0.2) is 0 Å². The van der Waals surface area contributed by atoms with Crippen LogP contribution in [0.1, 0.15) is 58.1 Å². The van der Waals surface area contributed by atoms with Gasteiger partial charge in [-0.25, -0.2) is 9.69 Å². The zero-order valence-corrected chi connectivity index (χ0v) is 30.0. The summed E-state index contributed by atoms with van der Waals surface area (Å²) in [5.74, 6) is -1.15. The molecule has 1 fully saturated rings. The Labute approximate surface area is 314 Å². The van der Waals surface area contributed by atoms with Crippen molar-refractivity contribution in [2.24, 2.45) is 0 Å². The number of nitrogens with one attached hydrogen (secondary N) is 1. The quantitative estimate of drug-likeness (QED) is 0.0727. The first kappa shape index (κ1) is 34.0. The van der Waals surface area contributed by atoms with Gasteiger partial charge in [0, 0.05) is 52.8 Å². The number of carbonyl (C=O) groups is 3. The Balaban J connectivity index is 1.20. The van der Waals surface area contributed by atoms with Crippen LogP contribution in [-0.4, -0.2) is 35.9 Å². The predicted molar refractivity (Wildman–Crippen MR) is 205 cm³/mol. The van der Waals surface area contributed by atoms with Gasteiger partial charge in [0.1, 0.15) is 17.9 Å². The molecule has 1 N–H and O–H groups in total. The van der Waals surface area contributed by atoms with Crippen molar-refractivity contribution in [2.45, 2.75) is 31.3 Å². The van der Waals surface area contributed by atoms with Crippen LogP contribution in [0.15, 0.2) is 125 Å². The molecule has 4 amide bonds. The molecule has 11 heteroatoms. The van der Waals surface area contributed by atoms with Gasteiger partial charge >= 0.3 is 6.03 Å². The molecule has 1 saturated heterocycles. The molecule has 0 radical (unpaired) electrons. The summed E-state index contributed by atoms with van der Waals surface area (Å²) < 4.78 is 6.73. The van der Waals surface area contributed by atoms with Gasteiger partial charge in [-0.05, 0) is 77.1 Å². The molecule has 10 nitrogen and oxygen atoms in total. The van der Waals surface area contributed by atoms with Crippen molar-refractivity contribution >= 4 is 56.9 Å². The van der Waals surface area contributed by atoms with Crippen LogP contribution in [0.4, 0.5) is 21.9 Å². The lowest BCUT2D eigenvalue weighted by Gasteiger charge is -2.44. The minimum atomic E-state index is -0.823. The molecule has 5 aromatic carbocycles. The van der Waals surface area contributed by atoms with E-state index in [2.05, 4.69) is 50.4 Å². The van der Waals surface area contributed by atoms with Crippen LogP contribution in [-0.2, 0) is 16.2 Å². The number of ether oxygens (including phenoxy) is 1. The van der Waals surface area contributed by atoms with Crippen LogP contribution in [0.2, 0.25) is 0 Å². The maximum Gasteiger partial charge on any atom is 0.335 e. The van der Waals surface area contributed by atoms with E-state index in [9.17, 15) is 24.5 Å². The van der Waals surface area contributed by atoms with Crippen molar-refractivity contribution in [3.05, 3.63) is 169 Å². The van der Waals surface area contributed by atoms with E-state index < -0.39 is 22.8 Å². The highest BCUT2D eigenvalue weighted by molar-refractivity contribution is 9.10. The molecule has 2 atom stereocenters.